The van der Waals surface area contributed by atoms with Crippen LogP contribution in [0.4, 0.5) is 17.3 Å². The van der Waals surface area contributed by atoms with Crippen molar-refractivity contribution in [3.8, 4) is 0 Å². The van der Waals surface area contributed by atoms with Crippen LogP contribution in [0.15, 0.2) is 30.6 Å². The number of halogens is 1. The van der Waals surface area contributed by atoms with Gasteiger partial charge in [-0.25, -0.2) is 9.97 Å². The first-order valence-corrected chi connectivity index (χ1v) is 8.90. The maximum atomic E-state index is 12.3. The summed E-state index contributed by atoms with van der Waals surface area (Å²) in [5, 5.41) is 12.0. The lowest BCUT2D eigenvalue weighted by Gasteiger charge is -2.23. The molecule has 12 heteroatoms. The summed E-state index contributed by atoms with van der Waals surface area (Å²) in [5.74, 6) is -0.658. The molecular formula is C17H21ClN6O5. The van der Waals surface area contributed by atoms with Gasteiger partial charge in [-0.15, -0.1) is 0 Å². The summed E-state index contributed by atoms with van der Waals surface area (Å²) in [6.45, 7) is 1.36. The maximum Gasteiger partial charge on any atom is 0.355 e. The van der Waals surface area contributed by atoms with E-state index in [0.717, 1.165) is 0 Å². The number of anilines is 2. The highest BCUT2D eigenvalue weighted by molar-refractivity contribution is 6.33. The number of carbonyl (C=O) groups is 1. The Kier molecular flexibility index (Phi) is 8.52. The Morgan fingerprint density at radius 1 is 1.21 bits per heavy atom. The minimum Gasteiger partial charge on any atom is -0.383 e. The van der Waals surface area contributed by atoms with E-state index < -0.39 is 10.8 Å². The number of nitrogens with zero attached hydrogens (tertiary/aromatic N) is 4. The molecule has 29 heavy (non-hydrogen) atoms. The molecule has 2 N–H and O–H groups in total. The Morgan fingerprint density at radius 2 is 1.86 bits per heavy atom. The summed E-state index contributed by atoms with van der Waals surface area (Å²) in [6, 6.07) is 6.42. The Hall–Kier alpha value is -3.02. The van der Waals surface area contributed by atoms with Crippen LogP contribution < -0.4 is 15.8 Å². The third-order valence-electron chi connectivity index (χ3n) is 3.83. The normalized spacial score (nSPS) is 10.4. The van der Waals surface area contributed by atoms with Gasteiger partial charge >= 0.3 is 5.69 Å². The van der Waals surface area contributed by atoms with E-state index in [9.17, 15) is 14.9 Å². The lowest BCUT2D eigenvalue weighted by molar-refractivity contribution is -0.383. The molecule has 2 rings (SSSR count). The van der Waals surface area contributed by atoms with E-state index in [1.807, 2.05) is 0 Å². The number of nitrogens with one attached hydrogen (secondary N) is 2. The first kappa shape index (κ1) is 22.3. The Morgan fingerprint density at radius 3 is 2.45 bits per heavy atom. The minimum atomic E-state index is -0.619. The van der Waals surface area contributed by atoms with Gasteiger partial charge in [0.25, 0.3) is 5.91 Å². The van der Waals surface area contributed by atoms with Gasteiger partial charge in [0.15, 0.2) is 0 Å². The number of ether oxygens (including phenoxy) is 2. The lowest BCUT2D eigenvalue weighted by atomic mass is 10.2. The second-order valence-electron chi connectivity index (χ2n) is 5.68. The van der Waals surface area contributed by atoms with Gasteiger partial charge in [-0.05, 0) is 12.1 Å². The zero-order valence-corrected chi connectivity index (χ0v) is 16.7. The summed E-state index contributed by atoms with van der Waals surface area (Å²) in [5.41, 5.74) is 4.67. The molecule has 0 atom stereocenters. The highest BCUT2D eigenvalue weighted by Gasteiger charge is 2.27. The fraction of sp³-hybridized carbons (Fsp3) is 0.353. The third kappa shape index (κ3) is 5.98. The van der Waals surface area contributed by atoms with E-state index in [1.54, 1.807) is 23.1 Å². The van der Waals surface area contributed by atoms with Crippen LogP contribution in [0.3, 0.4) is 0 Å². The van der Waals surface area contributed by atoms with Gasteiger partial charge in [-0.2, -0.15) is 0 Å². The van der Waals surface area contributed by atoms with Crippen LogP contribution in [-0.4, -0.2) is 61.3 Å². The quantitative estimate of drug-likeness (QED) is 0.410. The highest BCUT2D eigenvalue weighted by atomic mass is 35.5. The molecule has 0 aliphatic rings. The first-order valence-electron chi connectivity index (χ1n) is 8.52. The fourth-order valence-corrected chi connectivity index (χ4v) is 2.64. The van der Waals surface area contributed by atoms with E-state index in [4.69, 9.17) is 21.1 Å². The summed E-state index contributed by atoms with van der Waals surface area (Å²) >= 11 is 5.99. The van der Waals surface area contributed by atoms with E-state index >= 15 is 0 Å². The van der Waals surface area contributed by atoms with Crippen molar-refractivity contribution in [1.29, 1.82) is 0 Å². The van der Waals surface area contributed by atoms with Gasteiger partial charge in [-0.3, -0.25) is 25.8 Å². The Bertz CT molecular complexity index is 845. The van der Waals surface area contributed by atoms with Crippen molar-refractivity contribution in [3.63, 3.8) is 0 Å². The molecule has 1 heterocycles. The Balaban J connectivity index is 2.28. The number of hydrogen-bond acceptors (Lipinski definition) is 9. The molecule has 0 aliphatic carbocycles. The molecule has 0 bridgehead atoms. The molecule has 0 fully saturated rings. The van der Waals surface area contributed by atoms with Crippen LogP contribution in [-0.2, 0) is 9.47 Å². The highest BCUT2D eigenvalue weighted by Crippen LogP contribution is 2.31. The second-order valence-corrected chi connectivity index (χ2v) is 6.09. The average Bonchev–Trinajstić information content (AvgIpc) is 2.72. The van der Waals surface area contributed by atoms with Crippen LogP contribution in [0.2, 0.25) is 5.02 Å². The number of hydrogen-bond donors (Lipinski definition) is 2. The molecule has 2 aromatic rings. The molecule has 0 radical (unpaired) electrons. The van der Waals surface area contributed by atoms with Crippen molar-refractivity contribution < 1.29 is 19.2 Å². The number of hydrazine groups is 1. The number of nitro groups is 1. The SMILES string of the molecule is COCCN(CCOC)c1ncnc(NNC(=O)c2ccccc2Cl)c1[N+](=O)[O-]. The Labute approximate surface area is 172 Å². The molecule has 0 saturated heterocycles. The number of carbonyl (C=O) groups excluding carboxylic acids is 1. The van der Waals surface area contributed by atoms with E-state index in [0.29, 0.717) is 26.3 Å². The van der Waals surface area contributed by atoms with Crippen LogP contribution in [0.5, 0.6) is 0 Å². The van der Waals surface area contributed by atoms with Gasteiger partial charge in [0.2, 0.25) is 11.6 Å². The zero-order valence-electron chi connectivity index (χ0n) is 15.9. The summed E-state index contributed by atoms with van der Waals surface area (Å²) < 4.78 is 10.1. The third-order valence-corrected chi connectivity index (χ3v) is 4.16. The molecule has 1 aromatic heterocycles. The summed E-state index contributed by atoms with van der Waals surface area (Å²) in [4.78, 5) is 33.0. The van der Waals surface area contributed by atoms with E-state index in [-0.39, 0.29) is 27.9 Å². The van der Waals surface area contributed by atoms with Crippen molar-refractivity contribution in [1.82, 2.24) is 15.4 Å². The van der Waals surface area contributed by atoms with Crippen LogP contribution in [0.25, 0.3) is 0 Å². The number of amides is 1. The number of methoxy groups -OCH3 is 2. The van der Waals surface area contributed by atoms with Crippen molar-refractivity contribution in [2.75, 3.05) is 50.8 Å². The van der Waals surface area contributed by atoms with Gasteiger partial charge in [0.05, 0.1) is 28.7 Å². The van der Waals surface area contributed by atoms with Gasteiger partial charge in [0, 0.05) is 27.3 Å². The molecular weight excluding hydrogens is 404 g/mol. The van der Waals surface area contributed by atoms with E-state index in [2.05, 4.69) is 20.8 Å². The van der Waals surface area contributed by atoms with Gasteiger partial charge < -0.3 is 14.4 Å². The molecule has 0 aliphatic heterocycles. The van der Waals surface area contributed by atoms with Crippen molar-refractivity contribution in [2.45, 2.75) is 0 Å². The van der Waals surface area contributed by atoms with Crippen molar-refractivity contribution in [2.24, 2.45) is 0 Å². The topological polar surface area (TPSA) is 132 Å². The largest absolute Gasteiger partial charge is 0.383 e. The molecule has 11 nitrogen and oxygen atoms in total. The number of rotatable bonds is 11. The first-order chi connectivity index (χ1) is 14.0. The second kappa shape index (κ2) is 11.1. The molecule has 0 saturated carbocycles. The van der Waals surface area contributed by atoms with Crippen molar-refractivity contribution in [3.05, 3.63) is 51.3 Å². The smallest absolute Gasteiger partial charge is 0.355 e. The van der Waals surface area contributed by atoms with Crippen LogP contribution >= 0.6 is 11.6 Å². The molecule has 156 valence electrons. The predicted octanol–water partition coefficient (Wildman–Crippen LogP) is 1.89. The van der Waals surface area contributed by atoms with Crippen LogP contribution in [0.1, 0.15) is 10.4 Å². The molecule has 0 unspecified atom stereocenters. The fourth-order valence-electron chi connectivity index (χ4n) is 2.42. The maximum absolute atomic E-state index is 12.3. The monoisotopic (exact) mass is 424 g/mol. The molecule has 0 spiro atoms. The standard InChI is InChI=1S/C17H21ClN6O5/c1-28-9-7-23(8-10-29-2)16-14(24(26)27)15(19-11-20-16)21-22-17(25)12-5-3-4-6-13(12)18/h3-6,11H,7-10H2,1-2H3,(H,22,25)(H,19,20,21). The van der Waals surface area contributed by atoms with E-state index in [1.165, 1.54) is 26.6 Å². The average molecular weight is 425 g/mol. The number of aromatic nitrogens is 2. The minimum absolute atomic E-state index is 0.0774. The predicted molar refractivity (Wildman–Crippen MR) is 107 cm³/mol. The summed E-state index contributed by atoms with van der Waals surface area (Å²) in [6.07, 6.45) is 1.17. The van der Waals surface area contributed by atoms with Gasteiger partial charge in [0.1, 0.15) is 6.33 Å². The van der Waals surface area contributed by atoms with Crippen LogP contribution in [0, 0.1) is 10.1 Å². The lowest BCUT2D eigenvalue weighted by Crippen LogP contribution is -2.33. The van der Waals surface area contributed by atoms with Gasteiger partial charge in [-0.1, -0.05) is 23.7 Å². The molecule has 1 aromatic carbocycles. The summed E-state index contributed by atoms with van der Waals surface area (Å²) in [7, 11) is 3.06. The zero-order chi connectivity index (χ0) is 21.2. The molecule has 1 amide bonds. The number of benzene rings is 1. The van der Waals surface area contributed by atoms with Crippen molar-refractivity contribution >= 4 is 34.8 Å².